The summed E-state index contributed by atoms with van der Waals surface area (Å²) in [6, 6.07) is 3.26. The van der Waals surface area contributed by atoms with Gasteiger partial charge >= 0.3 is 0 Å². The standard InChI is InChI=1S/C12H14F2N2O/c13-9-2-1-8(11(14)6-9)5-12(17)16-4-3-10(15)7-16/h1-2,6,10H,3-5,7,15H2/t10-/m1/s1. The monoisotopic (exact) mass is 240 g/mol. The highest BCUT2D eigenvalue weighted by molar-refractivity contribution is 5.79. The van der Waals surface area contributed by atoms with Crippen LogP contribution in [0, 0.1) is 11.6 Å². The van der Waals surface area contributed by atoms with Gasteiger partial charge in [0.1, 0.15) is 11.6 Å². The Morgan fingerprint density at radius 3 is 2.82 bits per heavy atom. The Morgan fingerprint density at radius 1 is 1.47 bits per heavy atom. The molecule has 0 spiro atoms. The first-order valence-electron chi connectivity index (χ1n) is 5.53. The normalized spacial score (nSPS) is 19.7. The Labute approximate surface area is 98.2 Å². The van der Waals surface area contributed by atoms with Gasteiger partial charge in [-0.15, -0.1) is 0 Å². The fourth-order valence-corrected chi connectivity index (χ4v) is 1.95. The van der Waals surface area contributed by atoms with Crippen molar-refractivity contribution in [3.8, 4) is 0 Å². The van der Waals surface area contributed by atoms with Crippen LogP contribution in [0.1, 0.15) is 12.0 Å². The van der Waals surface area contributed by atoms with Crippen LogP contribution in [-0.2, 0) is 11.2 Å². The molecular formula is C12H14F2N2O. The van der Waals surface area contributed by atoms with Crippen molar-refractivity contribution in [3.05, 3.63) is 35.4 Å². The van der Waals surface area contributed by atoms with Gasteiger partial charge in [0.15, 0.2) is 0 Å². The summed E-state index contributed by atoms with van der Waals surface area (Å²) >= 11 is 0. The van der Waals surface area contributed by atoms with Crippen molar-refractivity contribution in [1.29, 1.82) is 0 Å². The summed E-state index contributed by atoms with van der Waals surface area (Å²) in [5.41, 5.74) is 5.91. The summed E-state index contributed by atoms with van der Waals surface area (Å²) in [4.78, 5) is 13.4. The molecule has 1 aliphatic rings. The lowest BCUT2D eigenvalue weighted by Gasteiger charge is -2.15. The van der Waals surface area contributed by atoms with E-state index in [1.54, 1.807) is 4.90 Å². The number of benzene rings is 1. The fourth-order valence-electron chi connectivity index (χ4n) is 1.95. The zero-order valence-corrected chi connectivity index (χ0v) is 9.33. The van der Waals surface area contributed by atoms with Crippen LogP contribution in [0.5, 0.6) is 0 Å². The third-order valence-electron chi connectivity index (χ3n) is 2.93. The first kappa shape index (κ1) is 12.0. The molecule has 1 heterocycles. The number of amides is 1. The molecule has 0 aliphatic carbocycles. The van der Waals surface area contributed by atoms with Crippen molar-refractivity contribution >= 4 is 5.91 Å². The van der Waals surface area contributed by atoms with Gasteiger partial charge in [0, 0.05) is 25.2 Å². The van der Waals surface area contributed by atoms with Crippen molar-refractivity contribution in [2.45, 2.75) is 18.9 Å². The molecule has 3 nitrogen and oxygen atoms in total. The second-order valence-corrected chi connectivity index (χ2v) is 4.30. The van der Waals surface area contributed by atoms with Crippen LogP contribution < -0.4 is 5.73 Å². The van der Waals surface area contributed by atoms with E-state index in [0.717, 1.165) is 18.6 Å². The molecule has 0 bridgehead atoms. The third kappa shape index (κ3) is 2.79. The molecule has 1 aliphatic heterocycles. The van der Waals surface area contributed by atoms with Gasteiger partial charge in [-0.25, -0.2) is 8.78 Å². The predicted octanol–water partition coefficient (Wildman–Crippen LogP) is 1.07. The van der Waals surface area contributed by atoms with E-state index >= 15 is 0 Å². The summed E-state index contributed by atoms with van der Waals surface area (Å²) in [5.74, 6) is -1.48. The minimum absolute atomic E-state index is 0.0111. The van der Waals surface area contributed by atoms with E-state index < -0.39 is 11.6 Å². The minimum atomic E-state index is -0.679. The smallest absolute Gasteiger partial charge is 0.227 e. The van der Waals surface area contributed by atoms with Crippen LogP contribution in [0.15, 0.2) is 18.2 Å². The van der Waals surface area contributed by atoms with Gasteiger partial charge in [0.2, 0.25) is 5.91 Å². The Kier molecular flexibility index (Phi) is 3.38. The number of nitrogens with zero attached hydrogens (tertiary/aromatic N) is 1. The maximum Gasteiger partial charge on any atom is 0.227 e. The van der Waals surface area contributed by atoms with Gasteiger partial charge in [-0.05, 0) is 18.1 Å². The van der Waals surface area contributed by atoms with Gasteiger partial charge < -0.3 is 10.6 Å². The molecule has 1 fully saturated rings. The van der Waals surface area contributed by atoms with Crippen LogP contribution >= 0.6 is 0 Å². The van der Waals surface area contributed by atoms with E-state index in [1.807, 2.05) is 0 Å². The molecule has 1 aromatic rings. The second-order valence-electron chi connectivity index (χ2n) is 4.30. The summed E-state index contributed by atoms with van der Waals surface area (Å²) in [6.45, 7) is 1.13. The zero-order valence-electron chi connectivity index (χ0n) is 9.33. The number of likely N-dealkylation sites (tertiary alicyclic amines) is 1. The molecule has 1 saturated heterocycles. The van der Waals surface area contributed by atoms with Crippen LogP contribution in [0.25, 0.3) is 0 Å². The Bertz CT molecular complexity index is 437. The van der Waals surface area contributed by atoms with E-state index in [0.29, 0.717) is 13.1 Å². The number of hydrogen-bond acceptors (Lipinski definition) is 2. The van der Waals surface area contributed by atoms with Gasteiger partial charge in [-0.1, -0.05) is 6.07 Å². The highest BCUT2D eigenvalue weighted by Crippen LogP contribution is 2.14. The number of nitrogens with two attached hydrogens (primary N) is 1. The molecule has 1 aromatic carbocycles. The van der Waals surface area contributed by atoms with E-state index in [1.165, 1.54) is 6.07 Å². The predicted molar refractivity (Wildman–Crippen MR) is 59.2 cm³/mol. The van der Waals surface area contributed by atoms with E-state index in [2.05, 4.69) is 0 Å². The van der Waals surface area contributed by atoms with Gasteiger partial charge in [0.25, 0.3) is 0 Å². The van der Waals surface area contributed by atoms with Crippen LogP contribution in [0.3, 0.4) is 0 Å². The maximum absolute atomic E-state index is 13.3. The fraction of sp³-hybridized carbons (Fsp3) is 0.417. The van der Waals surface area contributed by atoms with Crippen LogP contribution in [0.2, 0.25) is 0 Å². The average Bonchev–Trinajstić information content (AvgIpc) is 2.69. The highest BCUT2D eigenvalue weighted by Gasteiger charge is 2.24. The van der Waals surface area contributed by atoms with Crippen LogP contribution in [0.4, 0.5) is 8.78 Å². The molecule has 0 unspecified atom stereocenters. The van der Waals surface area contributed by atoms with Crippen molar-refractivity contribution in [1.82, 2.24) is 4.90 Å². The van der Waals surface area contributed by atoms with Crippen molar-refractivity contribution in [3.63, 3.8) is 0 Å². The molecule has 5 heteroatoms. The second kappa shape index (κ2) is 4.79. The lowest BCUT2D eigenvalue weighted by atomic mass is 10.1. The highest BCUT2D eigenvalue weighted by atomic mass is 19.1. The summed E-state index contributed by atoms with van der Waals surface area (Å²) in [5, 5.41) is 0. The van der Waals surface area contributed by atoms with Crippen molar-refractivity contribution < 1.29 is 13.6 Å². The molecular weight excluding hydrogens is 226 g/mol. The first-order chi connectivity index (χ1) is 8.06. The molecule has 0 saturated carbocycles. The Morgan fingerprint density at radius 2 is 2.24 bits per heavy atom. The van der Waals surface area contributed by atoms with Crippen molar-refractivity contribution in [2.24, 2.45) is 5.73 Å². The average molecular weight is 240 g/mol. The number of carbonyl (C=O) groups excluding carboxylic acids is 1. The quantitative estimate of drug-likeness (QED) is 0.840. The third-order valence-corrected chi connectivity index (χ3v) is 2.93. The van der Waals surface area contributed by atoms with E-state index in [9.17, 15) is 13.6 Å². The lowest BCUT2D eigenvalue weighted by Crippen LogP contribution is -2.33. The maximum atomic E-state index is 13.3. The molecule has 0 radical (unpaired) electrons. The Balaban J connectivity index is 2.03. The van der Waals surface area contributed by atoms with Crippen molar-refractivity contribution in [2.75, 3.05) is 13.1 Å². The minimum Gasteiger partial charge on any atom is -0.341 e. The molecule has 2 rings (SSSR count). The molecule has 1 amide bonds. The Hall–Kier alpha value is -1.49. The van der Waals surface area contributed by atoms with E-state index in [-0.39, 0.29) is 23.9 Å². The number of hydrogen-bond donors (Lipinski definition) is 1. The molecule has 17 heavy (non-hydrogen) atoms. The molecule has 2 N–H and O–H groups in total. The zero-order chi connectivity index (χ0) is 12.4. The number of halogens is 2. The van der Waals surface area contributed by atoms with Gasteiger partial charge in [0.05, 0.1) is 6.42 Å². The lowest BCUT2D eigenvalue weighted by molar-refractivity contribution is -0.129. The summed E-state index contributed by atoms with van der Waals surface area (Å²) < 4.78 is 26.0. The molecule has 1 atom stereocenters. The number of rotatable bonds is 2. The summed E-state index contributed by atoms with van der Waals surface area (Å²) in [7, 11) is 0. The van der Waals surface area contributed by atoms with E-state index in [4.69, 9.17) is 5.73 Å². The first-order valence-corrected chi connectivity index (χ1v) is 5.53. The topological polar surface area (TPSA) is 46.3 Å². The summed E-state index contributed by atoms with van der Waals surface area (Å²) in [6.07, 6.45) is 0.733. The largest absolute Gasteiger partial charge is 0.341 e. The number of carbonyl (C=O) groups is 1. The molecule has 0 aromatic heterocycles. The molecule has 92 valence electrons. The van der Waals surface area contributed by atoms with Gasteiger partial charge in [-0.3, -0.25) is 4.79 Å². The van der Waals surface area contributed by atoms with Gasteiger partial charge in [-0.2, -0.15) is 0 Å². The SMILES string of the molecule is N[C@@H]1CCN(C(=O)Cc2ccc(F)cc2F)C1. The van der Waals surface area contributed by atoms with Crippen LogP contribution in [-0.4, -0.2) is 29.9 Å².